The molecule has 184 valence electrons. The first-order valence-electron chi connectivity index (χ1n) is 10.2. The molecule has 3 atom stereocenters. The average molecular weight is 522 g/mol. The molecule has 3 rings (SSSR count). The number of rotatable bonds is 10. The molecule has 0 aromatic heterocycles. The SMILES string of the molecule is CC(=O)S[C@@H]1[C@H](NC(=O)COc2ccccc2)C(=O)N1C(Cl)C(=O)OCc1ccc([N+](=O)[O-])cc1. The van der Waals surface area contributed by atoms with Crippen LogP contribution in [0.25, 0.3) is 0 Å². The van der Waals surface area contributed by atoms with Crippen LogP contribution in [-0.4, -0.2) is 56.2 Å². The van der Waals surface area contributed by atoms with E-state index >= 15 is 0 Å². The van der Waals surface area contributed by atoms with Crippen LogP contribution in [0.4, 0.5) is 5.69 Å². The van der Waals surface area contributed by atoms with Gasteiger partial charge in [0.15, 0.2) is 11.7 Å². The highest BCUT2D eigenvalue weighted by Crippen LogP contribution is 2.34. The van der Waals surface area contributed by atoms with Crippen molar-refractivity contribution in [1.82, 2.24) is 10.2 Å². The Morgan fingerprint density at radius 1 is 1.17 bits per heavy atom. The minimum atomic E-state index is -1.55. The van der Waals surface area contributed by atoms with Crippen molar-refractivity contribution in [3.63, 3.8) is 0 Å². The number of carbonyl (C=O) groups excluding carboxylic acids is 4. The molecule has 0 saturated carbocycles. The third-order valence-electron chi connectivity index (χ3n) is 4.76. The number of likely N-dealkylation sites (tertiary alicyclic amines) is 1. The molecule has 1 unspecified atom stereocenters. The molecule has 0 spiro atoms. The minimum Gasteiger partial charge on any atom is -0.484 e. The second-order valence-electron chi connectivity index (χ2n) is 7.26. The molecule has 2 amide bonds. The molecule has 1 heterocycles. The summed E-state index contributed by atoms with van der Waals surface area (Å²) in [6.45, 7) is 0.690. The molecule has 11 nitrogen and oxygen atoms in total. The number of nitrogens with one attached hydrogen (secondary N) is 1. The van der Waals surface area contributed by atoms with Crippen molar-refractivity contribution in [3.8, 4) is 5.75 Å². The van der Waals surface area contributed by atoms with Crippen LogP contribution in [0.3, 0.4) is 0 Å². The number of nitrogens with zero attached hydrogens (tertiary/aromatic N) is 2. The van der Waals surface area contributed by atoms with Crippen LogP contribution in [0.15, 0.2) is 54.6 Å². The van der Waals surface area contributed by atoms with Crippen LogP contribution in [0, 0.1) is 10.1 Å². The Kier molecular flexibility index (Phi) is 8.66. The summed E-state index contributed by atoms with van der Waals surface area (Å²) in [5, 5.41) is 11.9. The van der Waals surface area contributed by atoms with E-state index in [0.717, 1.165) is 16.7 Å². The first kappa shape index (κ1) is 26.0. The van der Waals surface area contributed by atoms with Gasteiger partial charge in [-0.25, -0.2) is 4.79 Å². The topological polar surface area (TPSA) is 145 Å². The second kappa shape index (κ2) is 11.7. The van der Waals surface area contributed by atoms with Crippen molar-refractivity contribution in [2.75, 3.05) is 6.61 Å². The first-order chi connectivity index (χ1) is 16.7. The highest BCUT2D eigenvalue weighted by Gasteiger charge is 2.54. The largest absolute Gasteiger partial charge is 0.484 e. The first-order valence-corrected chi connectivity index (χ1v) is 11.5. The summed E-state index contributed by atoms with van der Waals surface area (Å²) in [5.74, 6) is -1.74. The summed E-state index contributed by atoms with van der Waals surface area (Å²) in [4.78, 5) is 60.2. The quantitative estimate of drug-likeness (QED) is 0.124. The minimum absolute atomic E-state index is 0.118. The number of esters is 1. The van der Waals surface area contributed by atoms with Crippen molar-refractivity contribution in [1.29, 1.82) is 0 Å². The number of nitro groups is 1. The Bertz CT molecular complexity index is 1120. The monoisotopic (exact) mass is 521 g/mol. The van der Waals surface area contributed by atoms with Gasteiger partial charge in [0, 0.05) is 19.1 Å². The Morgan fingerprint density at radius 2 is 1.83 bits per heavy atom. The number of β-lactam (4-membered cyclic amide) rings is 1. The van der Waals surface area contributed by atoms with Gasteiger partial charge in [0.05, 0.1) is 4.92 Å². The standard InChI is InChI=1S/C22H20ClN3O8S/c1-13(27)35-21-18(24-17(28)12-33-16-5-3-2-4-6-16)20(29)25(21)19(23)22(30)34-11-14-7-9-15(10-8-14)26(31)32/h2-10,18-19,21H,11-12H2,1H3,(H,24,28)/t18-,19?,21-/m1/s1. The number of hydrogen-bond donors (Lipinski definition) is 1. The van der Waals surface area contributed by atoms with Gasteiger partial charge in [-0.2, -0.15) is 0 Å². The van der Waals surface area contributed by atoms with Crippen molar-refractivity contribution in [2.45, 2.75) is 30.4 Å². The maximum Gasteiger partial charge on any atom is 0.345 e. The molecule has 1 N–H and O–H groups in total. The molecule has 0 bridgehead atoms. The fourth-order valence-corrected chi connectivity index (χ4v) is 4.43. The zero-order valence-electron chi connectivity index (χ0n) is 18.3. The number of ether oxygens (including phenoxy) is 2. The van der Waals surface area contributed by atoms with E-state index in [2.05, 4.69) is 5.32 Å². The van der Waals surface area contributed by atoms with E-state index in [9.17, 15) is 29.3 Å². The van der Waals surface area contributed by atoms with Gasteiger partial charge in [-0.05, 0) is 29.8 Å². The van der Waals surface area contributed by atoms with Crippen molar-refractivity contribution in [2.24, 2.45) is 0 Å². The van der Waals surface area contributed by atoms with Crippen LogP contribution >= 0.6 is 23.4 Å². The lowest BCUT2D eigenvalue weighted by atomic mass is 10.1. The normalized spacial score (nSPS) is 17.7. The Balaban J connectivity index is 1.57. The number of non-ortho nitro benzene ring substituents is 1. The second-order valence-corrected chi connectivity index (χ2v) is 8.97. The fraction of sp³-hybridized carbons (Fsp3) is 0.273. The van der Waals surface area contributed by atoms with E-state index in [1.165, 1.54) is 31.2 Å². The van der Waals surface area contributed by atoms with Crippen LogP contribution in [0.1, 0.15) is 12.5 Å². The third-order valence-corrected chi connectivity index (χ3v) is 6.22. The van der Waals surface area contributed by atoms with Crippen molar-refractivity contribution < 1.29 is 33.6 Å². The summed E-state index contributed by atoms with van der Waals surface area (Å²) in [6, 6.07) is 12.9. The van der Waals surface area contributed by atoms with Gasteiger partial charge in [0.1, 0.15) is 23.8 Å². The molecular weight excluding hydrogens is 502 g/mol. The molecule has 1 aliphatic rings. The maximum atomic E-state index is 12.7. The lowest BCUT2D eigenvalue weighted by molar-refractivity contribution is -0.384. The summed E-state index contributed by atoms with van der Waals surface area (Å²) < 4.78 is 10.5. The molecule has 0 aliphatic carbocycles. The molecule has 2 aromatic rings. The fourth-order valence-electron chi connectivity index (χ4n) is 3.09. The zero-order chi connectivity index (χ0) is 25.5. The number of para-hydroxylation sites is 1. The van der Waals surface area contributed by atoms with Crippen molar-refractivity contribution >= 4 is 51.9 Å². The number of thioether (sulfide) groups is 1. The van der Waals surface area contributed by atoms with E-state index < -0.39 is 39.6 Å². The van der Waals surface area contributed by atoms with Gasteiger partial charge in [-0.1, -0.05) is 41.6 Å². The molecule has 2 aromatic carbocycles. The molecule has 13 heteroatoms. The van der Waals surface area contributed by atoms with Gasteiger partial charge in [0.2, 0.25) is 5.50 Å². The van der Waals surface area contributed by atoms with Crippen LogP contribution in [0.5, 0.6) is 5.75 Å². The van der Waals surface area contributed by atoms with E-state index in [-0.39, 0.29) is 24.0 Å². The van der Waals surface area contributed by atoms with Gasteiger partial charge >= 0.3 is 5.97 Å². The lowest BCUT2D eigenvalue weighted by Crippen LogP contribution is -2.72. The summed E-state index contributed by atoms with van der Waals surface area (Å²) in [7, 11) is 0. The summed E-state index contributed by atoms with van der Waals surface area (Å²) in [5.41, 5.74) is -1.19. The van der Waals surface area contributed by atoms with Gasteiger partial charge in [0.25, 0.3) is 17.5 Å². The molecule has 0 radical (unpaired) electrons. The highest BCUT2D eigenvalue weighted by atomic mass is 35.5. The molecule has 1 fully saturated rings. The predicted molar refractivity (Wildman–Crippen MR) is 125 cm³/mol. The predicted octanol–water partition coefficient (Wildman–Crippen LogP) is 2.21. The molecule has 35 heavy (non-hydrogen) atoms. The van der Waals surface area contributed by atoms with Crippen LogP contribution < -0.4 is 10.1 Å². The number of halogens is 1. The van der Waals surface area contributed by atoms with Gasteiger partial charge in [-0.15, -0.1) is 0 Å². The Hall–Kier alpha value is -3.64. The van der Waals surface area contributed by atoms with Crippen LogP contribution in [0.2, 0.25) is 0 Å². The Labute approximate surface area is 208 Å². The smallest absolute Gasteiger partial charge is 0.345 e. The van der Waals surface area contributed by atoms with Gasteiger partial charge in [-0.3, -0.25) is 29.4 Å². The summed E-state index contributed by atoms with van der Waals surface area (Å²) in [6.07, 6.45) is 0. The number of alkyl halides is 1. The lowest BCUT2D eigenvalue weighted by Gasteiger charge is -2.47. The van der Waals surface area contributed by atoms with E-state index in [1.807, 2.05) is 0 Å². The number of benzene rings is 2. The molecule has 1 saturated heterocycles. The van der Waals surface area contributed by atoms with Gasteiger partial charge < -0.3 is 14.8 Å². The van der Waals surface area contributed by atoms with Crippen LogP contribution in [-0.2, 0) is 30.5 Å². The number of amides is 2. The maximum absolute atomic E-state index is 12.7. The van der Waals surface area contributed by atoms with Crippen molar-refractivity contribution in [3.05, 3.63) is 70.3 Å². The average Bonchev–Trinajstić information content (AvgIpc) is 2.84. The molecular formula is C22H20ClN3O8S. The van der Waals surface area contributed by atoms with E-state index in [1.54, 1.807) is 30.3 Å². The number of nitro benzene ring substituents is 1. The Morgan fingerprint density at radius 3 is 2.43 bits per heavy atom. The summed E-state index contributed by atoms with van der Waals surface area (Å²) >= 11 is 6.90. The third kappa shape index (κ3) is 6.70. The zero-order valence-corrected chi connectivity index (χ0v) is 19.9. The van der Waals surface area contributed by atoms with E-state index in [4.69, 9.17) is 21.1 Å². The molecule has 1 aliphatic heterocycles. The number of hydrogen-bond acceptors (Lipinski definition) is 9. The highest BCUT2D eigenvalue weighted by molar-refractivity contribution is 8.14. The van der Waals surface area contributed by atoms with E-state index in [0.29, 0.717) is 11.3 Å². The number of carbonyl (C=O) groups is 4.